The standard InChI is InChI=1S/C8H13NS/c1-6(2)9-5-4-7(3)8(9)10/h4-7H,1-3H3. The van der Waals surface area contributed by atoms with Gasteiger partial charge in [-0.3, -0.25) is 0 Å². The molecule has 0 spiro atoms. The maximum Gasteiger partial charge on any atom is 0.0888 e. The second kappa shape index (κ2) is 2.70. The van der Waals surface area contributed by atoms with E-state index in [2.05, 4.69) is 37.9 Å². The van der Waals surface area contributed by atoms with Gasteiger partial charge in [0.1, 0.15) is 0 Å². The lowest BCUT2D eigenvalue weighted by Crippen LogP contribution is -2.29. The van der Waals surface area contributed by atoms with Crippen molar-refractivity contribution < 1.29 is 0 Å². The molecule has 0 aromatic rings. The Morgan fingerprint density at radius 2 is 2.20 bits per heavy atom. The fourth-order valence-corrected chi connectivity index (χ4v) is 1.39. The van der Waals surface area contributed by atoms with E-state index in [1.807, 2.05) is 0 Å². The van der Waals surface area contributed by atoms with E-state index in [0.29, 0.717) is 12.0 Å². The SMILES string of the molecule is CC1C=CN(C(C)C)C1=S. The normalized spacial score (nSPS) is 25.0. The summed E-state index contributed by atoms with van der Waals surface area (Å²) in [4.78, 5) is 3.19. The van der Waals surface area contributed by atoms with Crippen molar-refractivity contribution in [1.82, 2.24) is 4.90 Å². The molecule has 1 aliphatic heterocycles. The Morgan fingerprint density at radius 3 is 2.40 bits per heavy atom. The summed E-state index contributed by atoms with van der Waals surface area (Å²) in [5, 5.41) is 0. The first-order chi connectivity index (χ1) is 4.63. The van der Waals surface area contributed by atoms with Crippen molar-refractivity contribution in [3.8, 4) is 0 Å². The Bertz CT molecular complexity index is 172. The van der Waals surface area contributed by atoms with Crippen LogP contribution in [0.5, 0.6) is 0 Å². The minimum atomic E-state index is 0.456. The van der Waals surface area contributed by atoms with Crippen molar-refractivity contribution in [1.29, 1.82) is 0 Å². The summed E-state index contributed by atoms with van der Waals surface area (Å²) < 4.78 is 0. The van der Waals surface area contributed by atoms with Crippen LogP contribution in [-0.2, 0) is 0 Å². The number of rotatable bonds is 1. The molecule has 0 amide bonds. The van der Waals surface area contributed by atoms with Gasteiger partial charge in [0.25, 0.3) is 0 Å². The lowest BCUT2D eigenvalue weighted by atomic mass is 10.2. The van der Waals surface area contributed by atoms with Gasteiger partial charge in [0.05, 0.1) is 4.99 Å². The molecule has 0 bridgehead atoms. The summed E-state index contributed by atoms with van der Waals surface area (Å²) in [6.07, 6.45) is 4.22. The highest BCUT2D eigenvalue weighted by molar-refractivity contribution is 7.80. The van der Waals surface area contributed by atoms with Crippen LogP contribution in [0, 0.1) is 5.92 Å². The van der Waals surface area contributed by atoms with Crippen molar-refractivity contribution in [3.63, 3.8) is 0 Å². The van der Waals surface area contributed by atoms with Crippen molar-refractivity contribution >= 4 is 17.2 Å². The first-order valence-electron chi connectivity index (χ1n) is 3.63. The highest BCUT2D eigenvalue weighted by Crippen LogP contribution is 2.17. The Morgan fingerprint density at radius 1 is 1.60 bits per heavy atom. The first kappa shape index (κ1) is 7.73. The van der Waals surface area contributed by atoms with E-state index in [9.17, 15) is 0 Å². The molecule has 56 valence electrons. The third-order valence-electron chi connectivity index (χ3n) is 1.74. The number of thiocarbonyl (C=S) groups is 1. The average molecular weight is 155 g/mol. The van der Waals surface area contributed by atoms with Crippen LogP contribution < -0.4 is 0 Å². The smallest absolute Gasteiger partial charge is 0.0888 e. The summed E-state index contributed by atoms with van der Waals surface area (Å²) in [7, 11) is 0. The molecule has 1 aliphatic rings. The summed E-state index contributed by atoms with van der Waals surface area (Å²) in [6, 6.07) is 0.508. The van der Waals surface area contributed by atoms with Crippen LogP contribution in [0.1, 0.15) is 20.8 Å². The molecule has 0 N–H and O–H groups in total. The van der Waals surface area contributed by atoms with E-state index in [0.717, 1.165) is 4.99 Å². The summed E-state index contributed by atoms with van der Waals surface area (Å²) in [6.45, 7) is 6.42. The second-order valence-corrected chi connectivity index (χ2v) is 3.39. The van der Waals surface area contributed by atoms with Gasteiger partial charge in [0, 0.05) is 18.2 Å². The van der Waals surface area contributed by atoms with Crippen LogP contribution in [0.25, 0.3) is 0 Å². The summed E-state index contributed by atoms with van der Waals surface area (Å²) >= 11 is 5.20. The third kappa shape index (κ3) is 1.21. The van der Waals surface area contributed by atoms with Gasteiger partial charge in [-0.05, 0) is 13.8 Å². The van der Waals surface area contributed by atoms with Crippen molar-refractivity contribution in [3.05, 3.63) is 12.3 Å². The predicted octanol–water partition coefficient (Wildman–Crippen LogP) is 2.19. The fourth-order valence-electron chi connectivity index (χ4n) is 1.04. The van der Waals surface area contributed by atoms with E-state index in [1.54, 1.807) is 0 Å². The van der Waals surface area contributed by atoms with Crippen molar-refractivity contribution in [2.45, 2.75) is 26.8 Å². The zero-order valence-electron chi connectivity index (χ0n) is 6.66. The summed E-state index contributed by atoms with van der Waals surface area (Å²) in [5.41, 5.74) is 0. The van der Waals surface area contributed by atoms with Crippen LogP contribution >= 0.6 is 12.2 Å². The van der Waals surface area contributed by atoms with Gasteiger partial charge < -0.3 is 4.90 Å². The van der Waals surface area contributed by atoms with Crippen LogP contribution in [-0.4, -0.2) is 15.9 Å². The molecule has 0 saturated carbocycles. The largest absolute Gasteiger partial charge is 0.340 e. The molecule has 0 aliphatic carbocycles. The monoisotopic (exact) mass is 155 g/mol. The van der Waals surface area contributed by atoms with Crippen molar-refractivity contribution in [2.75, 3.05) is 0 Å². The first-order valence-corrected chi connectivity index (χ1v) is 4.04. The predicted molar refractivity (Wildman–Crippen MR) is 47.9 cm³/mol. The molecule has 1 unspecified atom stereocenters. The maximum absolute atomic E-state index is 5.20. The number of nitrogens with zero attached hydrogens (tertiary/aromatic N) is 1. The van der Waals surface area contributed by atoms with Gasteiger partial charge in [0.15, 0.2) is 0 Å². The lowest BCUT2D eigenvalue weighted by Gasteiger charge is -2.21. The Balaban J connectivity index is 2.67. The molecular formula is C8H13NS. The molecule has 1 rings (SSSR count). The molecule has 1 nitrogen and oxygen atoms in total. The molecule has 0 saturated heterocycles. The minimum absolute atomic E-state index is 0.456. The topological polar surface area (TPSA) is 3.24 Å². The van der Waals surface area contributed by atoms with Crippen LogP contribution in [0.15, 0.2) is 12.3 Å². The van der Waals surface area contributed by atoms with E-state index in [4.69, 9.17) is 12.2 Å². The molecule has 0 aromatic heterocycles. The van der Waals surface area contributed by atoms with Gasteiger partial charge >= 0.3 is 0 Å². The number of hydrogen-bond donors (Lipinski definition) is 0. The average Bonchev–Trinajstić information content (AvgIpc) is 2.14. The van der Waals surface area contributed by atoms with Gasteiger partial charge in [-0.2, -0.15) is 0 Å². The Labute approximate surface area is 67.7 Å². The lowest BCUT2D eigenvalue weighted by molar-refractivity contribution is 0.467. The quantitative estimate of drug-likeness (QED) is 0.534. The van der Waals surface area contributed by atoms with Gasteiger partial charge in [-0.15, -0.1) is 0 Å². The highest BCUT2D eigenvalue weighted by atomic mass is 32.1. The second-order valence-electron chi connectivity index (χ2n) is 2.97. The zero-order valence-corrected chi connectivity index (χ0v) is 7.48. The molecular weight excluding hydrogens is 142 g/mol. The molecule has 0 aromatic carbocycles. The van der Waals surface area contributed by atoms with Crippen LogP contribution in [0.4, 0.5) is 0 Å². The van der Waals surface area contributed by atoms with E-state index in [-0.39, 0.29) is 0 Å². The summed E-state index contributed by atoms with van der Waals surface area (Å²) in [5.74, 6) is 0.456. The van der Waals surface area contributed by atoms with E-state index >= 15 is 0 Å². The molecule has 0 radical (unpaired) electrons. The van der Waals surface area contributed by atoms with E-state index < -0.39 is 0 Å². The van der Waals surface area contributed by atoms with Gasteiger partial charge in [-0.25, -0.2) is 0 Å². The minimum Gasteiger partial charge on any atom is -0.340 e. The maximum atomic E-state index is 5.20. The third-order valence-corrected chi connectivity index (χ3v) is 2.32. The van der Waals surface area contributed by atoms with Gasteiger partial charge in [0.2, 0.25) is 0 Å². The zero-order chi connectivity index (χ0) is 7.72. The molecule has 1 heterocycles. The van der Waals surface area contributed by atoms with Gasteiger partial charge in [-0.1, -0.05) is 25.2 Å². The molecule has 2 heteroatoms. The van der Waals surface area contributed by atoms with Crippen LogP contribution in [0.2, 0.25) is 0 Å². The molecule has 10 heavy (non-hydrogen) atoms. The highest BCUT2D eigenvalue weighted by Gasteiger charge is 2.19. The fraction of sp³-hybridized carbons (Fsp3) is 0.625. The Kier molecular flexibility index (Phi) is 2.09. The molecule has 0 fully saturated rings. The van der Waals surface area contributed by atoms with E-state index in [1.165, 1.54) is 0 Å². The Hall–Kier alpha value is -0.370. The van der Waals surface area contributed by atoms with Crippen LogP contribution in [0.3, 0.4) is 0 Å². The molecule has 1 atom stereocenters. The van der Waals surface area contributed by atoms with Crippen molar-refractivity contribution in [2.24, 2.45) is 5.92 Å². The number of hydrogen-bond acceptors (Lipinski definition) is 1.